The number of carbonyl (C=O) groups is 2. The van der Waals surface area contributed by atoms with E-state index in [4.69, 9.17) is 0 Å². The summed E-state index contributed by atoms with van der Waals surface area (Å²) in [5, 5.41) is 12.3. The van der Waals surface area contributed by atoms with Gasteiger partial charge in [0.15, 0.2) is 9.84 Å². The van der Waals surface area contributed by atoms with Crippen LogP contribution in [0.3, 0.4) is 0 Å². The van der Waals surface area contributed by atoms with Crippen LogP contribution in [-0.4, -0.2) is 36.7 Å². The fourth-order valence-corrected chi connectivity index (χ4v) is 4.01. The molecule has 1 aromatic carbocycles. The average molecular weight is 367 g/mol. The molecular formula is C18H25NO5S. The van der Waals surface area contributed by atoms with Crippen LogP contribution < -0.4 is 5.32 Å². The van der Waals surface area contributed by atoms with Crippen LogP contribution in [0.4, 0.5) is 0 Å². The number of carbonyl (C=O) groups excluding carboxylic acids is 1. The van der Waals surface area contributed by atoms with Gasteiger partial charge >= 0.3 is 5.97 Å². The second-order valence-corrected chi connectivity index (χ2v) is 9.12. The SMILES string of the molecule is CCS(=O)(=O)c1ccc(CC(=O)NC2(C(=O)O)CCC(C)CC2)cc1. The van der Waals surface area contributed by atoms with Gasteiger partial charge in [0.05, 0.1) is 17.1 Å². The number of rotatable bonds is 6. The van der Waals surface area contributed by atoms with E-state index in [9.17, 15) is 23.1 Å². The number of carboxylic acids is 1. The zero-order valence-corrected chi connectivity index (χ0v) is 15.4. The highest BCUT2D eigenvalue weighted by atomic mass is 32.2. The van der Waals surface area contributed by atoms with Crippen molar-refractivity contribution in [2.24, 2.45) is 5.92 Å². The van der Waals surface area contributed by atoms with Gasteiger partial charge in [0.1, 0.15) is 5.54 Å². The third-order valence-electron chi connectivity index (χ3n) is 4.94. The fraction of sp³-hybridized carbons (Fsp3) is 0.556. The first-order valence-corrected chi connectivity index (χ1v) is 10.2. The van der Waals surface area contributed by atoms with Gasteiger partial charge in [-0.2, -0.15) is 0 Å². The molecule has 0 saturated heterocycles. The first kappa shape index (κ1) is 19.4. The highest BCUT2D eigenvalue weighted by molar-refractivity contribution is 7.91. The minimum absolute atomic E-state index is 0.0202. The number of hydrogen-bond donors (Lipinski definition) is 2. The van der Waals surface area contributed by atoms with E-state index < -0.39 is 21.3 Å². The molecule has 0 atom stereocenters. The second-order valence-electron chi connectivity index (χ2n) is 6.84. The van der Waals surface area contributed by atoms with Crippen molar-refractivity contribution >= 4 is 21.7 Å². The summed E-state index contributed by atoms with van der Waals surface area (Å²) in [7, 11) is -3.27. The number of hydrogen-bond acceptors (Lipinski definition) is 4. The van der Waals surface area contributed by atoms with Gasteiger partial charge in [0, 0.05) is 0 Å². The Bertz CT molecular complexity index is 731. The van der Waals surface area contributed by atoms with Crippen LogP contribution in [-0.2, 0) is 25.8 Å². The molecule has 1 amide bonds. The standard InChI is InChI=1S/C18H25NO5S/c1-3-25(23,24)15-6-4-14(5-7-15)12-16(20)19-18(17(21)22)10-8-13(2)9-11-18/h4-7,13H,3,8-12H2,1-2H3,(H,19,20)(H,21,22). The van der Waals surface area contributed by atoms with Gasteiger partial charge in [0.25, 0.3) is 0 Å². The lowest BCUT2D eigenvalue weighted by Crippen LogP contribution is -2.56. The molecule has 2 N–H and O–H groups in total. The van der Waals surface area contributed by atoms with Crippen LogP contribution >= 0.6 is 0 Å². The third kappa shape index (κ3) is 4.60. The lowest BCUT2D eigenvalue weighted by Gasteiger charge is -2.36. The van der Waals surface area contributed by atoms with Crippen molar-refractivity contribution in [2.75, 3.05) is 5.75 Å². The molecule has 6 nitrogen and oxygen atoms in total. The molecule has 1 saturated carbocycles. The van der Waals surface area contributed by atoms with Crippen molar-refractivity contribution in [3.05, 3.63) is 29.8 Å². The molecule has 0 bridgehead atoms. The zero-order valence-electron chi connectivity index (χ0n) is 14.6. The summed E-state index contributed by atoms with van der Waals surface area (Å²) in [6.45, 7) is 3.66. The summed E-state index contributed by atoms with van der Waals surface area (Å²) >= 11 is 0. The van der Waals surface area contributed by atoms with E-state index in [1.54, 1.807) is 19.1 Å². The Morgan fingerprint density at radius 2 is 1.76 bits per heavy atom. The van der Waals surface area contributed by atoms with Crippen LogP contribution in [0.1, 0.15) is 45.1 Å². The minimum atomic E-state index is -3.27. The Morgan fingerprint density at radius 1 is 1.20 bits per heavy atom. The molecule has 0 spiro atoms. The topological polar surface area (TPSA) is 101 Å². The molecule has 2 rings (SSSR count). The number of benzene rings is 1. The van der Waals surface area contributed by atoms with Crippen LogP contribution in [0.25, 0.3) is 0 Å². The summed E-state index contributed by atoms with van der Waals surface area (Å²) in [5.74, 6) is -0.857. The summed E-state index contributed by atoms with van der Waals surface area (Å²) < 4.78 is 23.6. The maximum Gasteiger partial charge on any atom is 0.329 e. The van der Waals surface area contributed by atoms with Crippen LogP contribution in [0, 0.1) is 5.92 Å². The smallest absolute Gasteiger partial charge is 0.329 e. The van der Waals surface area contributed by atoms with Crippen LogP contribution in [0.5, 0.6) is 0 Å². The molecular weight excluding hydrogens is 342 g/mol. The largest absolute Gasteiger partial charge is 0.480 e. The Labute approximate surface area is 148 Å². The van der Waals surface area contributed by atoms with E-state index in [0.29, 0.717) is 24.3 Å². The molecule has 1 aliphatic carbocycles. The van der Waals surface area contributed by atoms with Gasteiger partial charge in [-0.3, -0.25) is 4.79 Å². The van der Waals surface area contributed by atoms with Crippen molar-refractivity contribution in [3.8, 4) is 0 Å². The van der Waals surface area contributed by atoms with Gasteiger partial charge in [-0.25, -0.2) is 13.2 Å². The minimum Gasteiger partial charge on any atom is -0.480 e. The van der Waals surface area contributed by atoms with Gasteiger partial charge in [-0.1, -0.05) is 26.0 Å². The number of sulfone groups is 1. The van der Waals surface area contributed by atoms with Crippen molar-refractivity contribution in [1.29, 1.82) is 0 Å². The van der Waals surface area contributed by atoms with Gasteiger partial charge in [-0.15, -0.1) is 0 Å². The van der Waals surface area contributed by atoms with Crippen LogP contribution in [0.15, 0.2) is 29.2 Å². The lowest BCUT2D eigenvalue weighted by atomic mass is 9.77. The molecule has 1 aromatic rings. The molecule has 1 fully saturated rings. The number of nitrogens with one attached hydrogen (secondary N) is 1. The lowest BCUT2D eigenvalue weighted by molar-refractivity contribution is -0.149. The predicted octanol–water partition coefficient (Wildman–Crippen LogP) is 2.17. The monoisotopic (exact) mass is 367 g/mol. The molecule has 0 unspecified atom stereocenters. The quantitative estimate of drug-likeness (QED) is 0.802. The molecule has 0 aromatic heterocycles. The van der Waals surface area contributed by atoms with E-state index in [1.165, 1.54) is 12.1 Å². The molecule has 138 valence electrons. The highest BCUT2D eigenvalue weighted by Crippen LogP contribution is 2.32. The number of amides is 1. The maximum absolute atomic E-state index is 12.3. The molecule has 1 aliphatic rings. The van der Waals surface area contributed by atoms with Crippen molar-refractivity contribution in [3.63, 3.8) is 0 Å². The fourth-order valence-electron chi connectivity index (χ4n) is 3.13. The van der Waals surface area contributed by atoms with Crippen LogP contribution in [0.2, 0.25) is 0 Å². The van der Waals surface area contributed by atoms with Crippen molar-refractivity contribution in [2.45, 2.75) is 56.4 Å². The summed E-state index contributed by atoms with van der Waals surface area (Å²) in [4.78, 5) is 24.2. The Kier molecular flexibility index (Phi) is 5.87. The van der Waals surface area contributed by atoms with Gasteiger partial charge in [0.2, 0.25) is 5.91 Å². The van der Waals surface area contributed by atoms with Crippen molar-refractivity contribution < 1.29 is 23.1 Å². The summed E-state index contributed by atoms with van der Waals surface area (Å²) in [6, 6.07) is 6.16. The number of carboxylic acid groups (broad SMARTS) is 1. The van der Waals surface area contributed by atoms with E-state index in [2.05, 4.69) is 12.2 Å². The molecule has 25 heavy (non-hydrogen) atoms. The molecule has 0 heterocycles. The molecule has 0 radical (unpaired) electrons. The normalized spacial score (nSPS) is 23.8. The third-order valence-corrected chi connectivity index (χ3v) is 6.69. The second kappa shape index (κ2) is 7.56. The zero-order chi connectivity index (χ0) is 18.7. The van der Waals surface area contributed by atoms with E-state index in [1.807, 2.05) is 0 Å². The van der Waals surface area contributed by atoms with Crippen molar-refractivity contribution in [1.82, 2.24) is 5.32 Å². The first-order valence-electron chi connectivity index (χ1n) is 8.54. The molecule has 0 aliphatic heterocycles. The maximum atomic E-state index is 12.3. The predicted molar refractivity (Wildman–Crippen MR) is 94.0 cm³/mol. The highest BCUT2D eigenvalue weighted by Gasteiger charge is 2.42. The van der Waals surface area contributed by atoms with Gasteiger partial charge < -0.3 is 10.4 Å². The van der Waals surface area contributed by atoms with E-state index >= 15 is 0 Å². The van der Waals surface area contributed by atoms with Gasteiger partial charge in [-0.05, 0) is 49.3 Å². The Balaban J connectivity index is 2.05. The summed E-state index contributed by atoms with van der Waals surface area (Å²) in [5.41, 5.74) is -0.535. The number of aliphatic carboxylic acids is 1. The Morgan fingerprint density at radius 3 is 2.24 bits per heavy atom. The molecule has 7 heteroatoms. The average Bonchev–Trinajstić information content (AvgIpc) is 2.57. The first-order chi connectivity index (χ1) is 11.7. The van der Waals surface area contributed by atoms with E-state index in [-0.39, 0.29) is 23.0 Å². The summed E-state index contributed by atoms with van der Waals surface area (Å²) in [6.07, 6.45) is 2.44. The van der Waals surface area contributed by atoms with E-state index in [0.717, 1.165) is 12.8 Å². The Hall–Kier alpha value is -1.89.